The Labute approximate surface area is 174 Å². The molecule has 0 bridgehead atoms. The summed E-state index contributed by atoms with van der Waals surface area (Å²) in [6.45, 7) is 2.86. The van der Waals surface area contributed by atoms with Crippen molar-refractivity contribution in [1.82, 2.24) is 10.6 Å². The molecule has 0 radical (unpaired) electrons. The molecule has 0 saturated heterocycles. The van der Waals surface area contributed by atoms with Crippen molar-refractivity contribution in [2.24, 2.45) is 11.3 Å². The Balaban J connectivity index is 0.000000343. The molecule has 4 rings (SSSR count). The molecule has 154 valence electrons. The van der Waals surface area contributed by atoms with Gasteiger partial charge in [-0.05, 0) is 55.1 Å². The molecule has 29 heavy (non-hydrogen) atoms. The highest BCUT2D eigenvalue weighted by Gasteiger charge is 2.53. The normalized spacial score (nSPS) is 26.7. The summed E-state index contributed by atoms with van der Waals surface area (Å²) in [5.41, 5.74) is 2.71. The largest absolute Gasteiger partial charge is 0.359 e. The highest BCUT2D eigenvalue weighted by Crippen LogP contribution is 2.52. The summed E-state index contributed by atoms with van der Waals surface area (Å²) in [7, 11) is 0. The van der Waals surface area contributed by atoms with Gasteiger partial charge in [-0.3, -0.25) is 9.59 Å². The number of carbonyl (C=O) groups excluding carboxylic acids is 2. The van der Waals surface area contributed by atoms with Crippen LogP contribution in [0.25, 0.3) is 0 Å². The van der Waals surface area contributed by atoms with E-state index in [4.69, 9.17) is 0 Å². The van der Waals surface area contributed by atoms with Crippen LogP contribution in [0.5, 0.6) is 0 Å². The predicted octanol–water partition coefficient (Wildman–Crippen LogP) is 4.32. The monoisotopic (exact) mass is 392 g/mol. The van der Waals surface area contributed by atoms with Crippen molar-refractivity contribution < 1.29 is 9.59 Å². The highest BCUT2D eigenvalue weighted by atomic mass is 16.2. The Hall–Kier alpha value is -2.62. The Morgan fingerprint density at radius 2 is 1.86 bits per heavy atom. The zero-order valence-corrected chi connectivity index (χ0v) is 17.3. The van der Waals surface area contributed by atoms with E-state index in [-0.39, 0.29) is 23.3 Å². The number of carbonyl (C=O) groups is 2. The molecule has 1 fully saturated rings. The van der Waals surface area contributed by atoms with Crippen LogP contribution in [0.3, 0.4) is 0 Å². The van der Waals surface area contributed by atoms with Crippen LogP contribution in [0.4, 0.5) is 0 Å². The Morgan fingerprint density at radius 3 is 2.52 bits per heavy atom. The fourth-order valence-electron chi connectivity index (χ4n) is 4.37. The van der Waals surface area contributed by atoms with Gasteiger partial charge in [0.2, 0.25) is 12.3 Å². The van der Waals surface area contributed by atoms with E-state index in [9.17, 15) is 9.59 Å². The molecule has 2 N–H and O–H groups in total. The van der Waals surface area contributed by atoms with Gasteiger partial charge in [0.25, 0.3) is 0 Å². The maximum atomic E-state index is 12.8. The molecule has 4 nitrogen and oxygen atoms in total. The lowest BCUT2D eigenvalue weighted by Crippen LogP contribution is -2.37. The van der Waals surface area contributed by atoms with Crippen molar-refractivity contribution in [3.05, 3.63) is 71.8 Å². The number of benzene rings is 1. The third kappa shape index (κ3) is 5.47. The summed E-state index contributed by atoms with van der Waals surface area (Å²) in [5.74, 6) is 0.131. The summed E-state index contributed by atoms with van der Waals surface area (Å²) in [6, 6.07) is 12.3. The van der Waals surface area contributed by atoms with Gasteiger partial charge in [-0.1, -0.05) is 67.6 Å². The molecule has 0 spiro atoms. The summed E-state index contributed by atoms with van der Waals surface area (Å²) < 4.78 is 0. The van der Waals surface area contributed by atoms with Crippen LogP contribution in [0, 0.1) is 11.3 Å². The number of allylic oxidation sites excluding steroid dienone is 5. The van der Waals surface area contributed by atoms with Gasteiger partial charge in [0.15, 0.2) is 0 Å². The van der Waals surface area contributed by atoms with E-state index in [1.165, 1.54) is 11.1 Å². The second-order valence-corrected chi connectivity index (χ2v) is 8.07. The van der Waals surface area contributed by atoms with Crippen molar-refractivity contribution in [1.29, 1.82) is 0 Å². The van der Waals surface area contributed by atoms with Crippen molar-refractivity contribution in [3.8, 4) is 0 Å². The average molecular weight is 393 g/mol. The molecule has 3 atom stereocenters. The van der Waals surface area contributed by atoms with E-state index < -0.39 is 0 Å². The van der Waals surface area contributed by atoms with E-state index in [0.29, 0.717) is 6.54 Å². The molecule has 0 aliphatic heterocycles. The first-order valence-corrected chi connectivity index (χ1v) is 10.7. The molecule has 0 heterocycles. The molecule has 3 aliphatic carbocycles. The third-order valence-electron chi connectivity index (χ3n) is 6.36. The molecule has 1 aromatic rings. The SMILES string of the molecule is CCC1(CCNC=O)CC1NC(=O)C1CC=CC2=C1C=CCC2.c1ccccc1. The van der Waals surface area contributed by atoms with Gasteiger partial charge in [-0.25, -0.2) is 0 Å². The summed E-state index contributed by atoms with van der Waals surface area (Å²) in [5, 5.41) is 6.00. The van der Waals surface area contributed by atoms with Crippen LogP contribution < -0.4 is 10.6 Å². The Morgan fingerprint density at radius 1 is 1.14 bits per heavy atom. The molecule has 1 aromatic carbocycles. The molecule has 0 aromatic heterocycles. The Kier molecular flexibility index (Phi) is 7.45. The van der Waals surface area contributed by atoms with Gasteiger partial charge in [-0.2, -0.15) is 0 Å². The molecule has 2 amide bonds. The Bertz CT molecular complexity index is 755. The van der Waals surface area contributed by atoms with Crippen molar-refractivity contribution in [2.75, 3.05) is 6.54 Å². The van der Waals surface area contributed by atoms with Gasteiger partial charge in [-0.15, -0.1) is 0 Å². The molecule has 3 aliphatic rings. The first-order valence-electron chi connectivity index (χ1n) is 10.7. The lowest BCUT2D eigenvalue weighted by molar-refractivity contribution is -0.124. The van der Waals surface area contributed by atoms with Crippen molar-refractivity contribution in [3.63, 3.8) is 0 Å². The first kappa shape index (κ1) is 21.1. The first-order chi connectivity index (χ1) is 14.2. The minimum atomic E-state index is -0.0326. The van der Waals surface area contributed by atoms with Crippen LogP contribution in [0.1, 0.15) is 45.4 Å². The minimum absolute atomic E-state index is 0.0326. The second-order valence-electron chi connectivity index (χ2n) is 8.07. The lowest BCUT2D eigenvalue weighted by Gasteiger charge is -2.25. The number of hydrogen-bond acceptors (Lipinski definition) is 2. The smallest absolute Gasteiger partial charge is 0.228 e. The fourth-order valence-corrected chi connectivity index (χ4v) is 4.37. The van der Waals surface area contributed by atoms with E-state index >= 15 is 0 Å². The fraction of sp³-hybridized carbons (Fsp3) is 0.440. The van der Waals surface area contributed by atoms with Gasteiger partial charge in [0.1, 0.15) is 0 Å². The van der Waals surface area contributed by atoms with Crippen LogP contribution in [0.15, 0.2) is 71.8 Å². The lowest BCUT2D eigenvalue weighted by atomic mass is 9.82. The number of nitrogens with one attached hydrogen (secondary N) is 2. The third-order valence-corrected chi connectivity index (χ3v) is 6.36. The summed E-state index contributed by atoms with van der Waals surface area (Å²) in [4.78, 5) is 23.2. The van der Waals surface area contributed by atoms with Gasteiger partial charge in [0, 0.05) is 12.6 Å². The topological polar surface area (TPSA) is 58.2 Å². The maximum Gasteiger partial charge on any atom is 0.228 e. The van der Waals surface area contributed by atoms with Crippen molar-refractivity contribution in [2.45, 2.75) is 51.5 Å². The molecule has 4 heteroatoms. The van der Waals surface area contributed by atoms with Gasteiger partial charge < -0.3 is 10.6 Å². The van der Waals surface area contributed by atoms with Gasteiger partial charge in [0.05, 0.1) is 5.92 Å². The second kappa shape index (κ2) is 10.2. The maximum absolute atomic E-state index is 12.8. The van der Waals surface area contributed by atoms with Crippen LogP contribution in [-0.4, -0.2) is 24.9 Å². The highest BCUT2D eigenvalue weighted by molar-refractivity contribution is 5.84. The van der Waals surface area contributed by atoms with E-state index in [2.05, 4.69) is 41.9 Å². The van der Waals surface area contributed by atoms with Crippen molar-refractivity contribution >= 4 is 12.3 Å². The zero-order valence-electron chi connectivity index (χ0n) is 17.3. The standard InChI is InChI=1S/C19H26N2O2.C6H6/c1-2-19(10-11-20-13-22)12-17(19)21-18(23)16-9-5-7-14-6-3-4-8-15(14)16;1-2-4-6-5-3-1/h4-5,7-8,13,16-17H,2-3,6,9-12H2,1H3,(H,20,22)(H,21,23);1-6H. The van der Waals surface area contributed by atoms with E-state index in [1.54, 1.807) is 0 Å². The molecular formula is C25H32N2O2. The molecule has 1 saturated carbocycles. The van der Waals surface area contributed by atoms with E-state index in [1.807, 2.05) is 36.4 Å². The number of amides is 2. The minimum Gasteiger partial charge on any atom is -0.359 e. The number of rotatable bonds is 7. The molecular weight excluding hydrogens is 360 g/mol. The van der Waals surface area contributed by atoms with Crippen LogP contribution >= 0.6 is 0 Å². The van der Waals surface area contributed by atoms with Crippen LogP contribution in [0.2, 0.25) is 0 Å². The average Bonchev–Trinajstić information content (AvgIpc) is 3.47. The molecule has 3 unspecified atom stereocenters. The summed E-state index contributed by atoms with van der Waals surface area (Å²) in [6.07, 6.45) is 15.3. The predicted molar refractivity (Wildman–Crippen MR) is 117 cm³/mol. The van der Waals surface area contributed by atoms with Crippen LogP contribution in [-0.2, 0) is 9.59 Å². The number of hydrogen-bond donors (Lipinski definition) is 2. The zero-order chi connectivity index (χ0) is 20.5. The van der Waals surface area contributed by atoms with E-state index in [0.717, 1.165) is 44.9 Å². The quantitative estimate of drug-likeness (QED) is 0.536. The van der Waals surface area contributed by atoms with Gasteiger partial charge >= 0.3 is 0 Å². The summed E-state index contributed by atoms with van der Waals surface area (Å²) >= 11 is 0.